The molecule has 0 radical (unpaired) electrons. The highest BCUT2D eigenvalue weighted by molar-refractivity contribution is 5.47. The molecule has 8 heteroatoms. The average molecular weight is 257 g/mol. The molecular weight excluding hydrogens is 238 g/mol. The van der Waals surface area contributed by atoms with Gasteiger partial charge in [-0.1, -0.05) is 0 Å². The molecule has 0 saturated carbocycles. The smallest absolute Gasteiger partial charge is 0.158 e. The van der Waals surface area contributed by atoms with Crippen LogP contribution >= 0.6 is 0 Å². The van der Waals surface area contributed by atoms with Crippen LogP contribution in [-0.4, -0.2) is 46.0 Å². The Morgan fingerprint density at radius 3 is 2.56 bits per heavy atom. The second-order valence-electron chi connectivity index (χ2n) is 3.54. The topological polar surface area (TPSA) is 126 Å². The summed E-state index contributed by atoms with van der Waals surface area (Å²) in [6.07, 6.45) is 0. The minimum absolute atomic E-state index is 0.202. The van der Waals surface area contributed by atoms with Crippen molar-refractivity contribution in [1.82, 2.24) is 9.97 Å². The second-order valence-corrected chi connectivity index (χ2v) is 3.54. The number of nitrogens with zero attached hydrogens (tertiary/aromatic N) is 2. The third kappa shape index (κ3) is 4.41. The molecule has 0 amide bonds. The van der Waals surface area contributed by atoms with Gasteiger partial charge in [0.05, 0.1) is 19.3 Å². The van der Waals surface area contributed by atoms with E-state index in [0.29, 0.717) is 24.1 Å². The summed E-state index contributed by atoms with van der Waals surface area (Å²) in [6, 6.07) is 1.10. The zero-order valence-corrected chi connectivity index (χ0v) is 10.3. The summed E-state index contributed by atoms with van der Waals surface area (Å²) >= 11 is 0. The number of ether oxygens (including phenoxy) is 1. The summed E-state index contributed by atoms with van der Waals surface area (Å²) in [7, 11) is 0. The van der Waals surface area contributed by atoms with E-state index in [9.17, 15) is 0 Å². The van der Waals surface area contributed by atoms with Crippen LogP contribution in [0.3, 0.4) is 0 Å². The lowest BCUT2D eigenvalue weighted by Gasteiger charge is -2.15. The monoisotopic (exact) mass is 257 g/mol. The van der Waals surface area contributed by atoms with E-state index in [2.05, 4.69) is 20.7 Å². The lowest BCUT2D eigenvalue weighted by molar-refractivity contribution is 0.128. The largest absolute Gasteiger partial charge is 0.394 e. The van der Waals surface area contributed by atoms with Crippen LogP contribution in [-0.2, 0) is 11.3 Å². The van der Waals surface area contributed by atoms with Crippen molar-refractivity contribution in [3.8, 4) is 0 Å². The summed E-state index contributed by atoms with van der Waals surface area (Å²) in [5.74, 6) is 6.65. The molecule has 0 saturated heterocycles. The van der Waals surface area contributed by atoms with Crippen molar-refractivity contribution in [2.24, 2.45) is 5.84 Å². The van der Waals surface area contributed by atoms with Crippen LogP contribution in [0.5, 0.6) is 0 Å². The summed E-state index contributed by atoms with van der Waals surface area (Å²) in [4.78, 5) is 8.30. The molecule has 1 heterocycles. The predicted molar refractivity (Wildman–Crippen MR) is 66.8 cm³/mol. The van der Waals surface area contributed by atoms with E-state index in [1.807, 2.05) is 6.92 Å². The number of hydrogen-bond acceptors (Lipinski definition) is 8. The molecule has 0 aliphatic carbocycles. The van der Waals surface area contributed by atoms with Crippen LogP contribution in [0.15, 0.2) is 6.07 Å². The standard InChI is InChI=1S/C10H19N5O3/c1-2-18-6-10-13-8(3-9(14-10)15-11)12-7(4-16)5-17/h3,7,16-17H,2,4-6,11H2,1H3,(H2,12,13,14,15). The molecule has 0 aromatic carbocycles. The van der Waals surface area contributed by atoms with Gasteiger partial charge < -0.3 is 25.7 Å². The SMILES string of the molecule is CCOCc1nc(NN)cc(NC(CO)CO)n1. The maximum Gasteiger partial charge on any atom is 0.158 e. The molecule has 8 nitrogen and oxygen atoms in total. The fraction of sp³-hybridized carbons (Fsp3) is 0.600. The van der Waals surface area contributed by atoms with Crippen LogP contribution in [0.2, 0.25) is 0 Å². The number of hydrazine groups is 1. The Kier molecular flexibility index (Phi) is 6.29. The van der Waals surface area contributed by atoms with Crippen molar-refractivity contribution in [3.05, 3.63) is 11.9 Å². The van der Waals surface area contributed by atoms with E-state index in [0.717, 1.165) is 0 Å². The normalized spacial score (nSPS) is 10.7. The van der Waals surface area contributed by atoms with Crippen LogP contribution in [0, 0.1) is 0 Å². The lowest BCUT2D eigenvalue weighted by atomic mass is 10.3. The summed E-state index contributed by atoms with van der Waals surface area (Å²) < 4.78 is 5.21. The summed E-state index contributed by atoms with van der Waals surface area (Å²) in [5.41, 5.74) is 2.42. The van der Waals surface area contributed by atoms with E-state index in [1.54, 1.807) is 6.07 Å². The number of hydrogen-bond donors (Lipinski definition) is 5. The Morgan fingerprint density at radius 1 is 1.33 bits per heavy atom. The van der Waals surface area contributed by atoms with Crippen LogP contribution in [0.25, 0.3) is 0 Å². The highest BCUT2D eigenvalue weighted by Crippen LogP contribution is 2.12. The number of aliphatic hydroxyl groups is 2. The minimum Gasteiger partial charge on any atom is -0.394 e. The third-order valence-corrected chi connectivity index (χ3v) is 2.15. The zero-order valence-electron chi connectivity index (χ0n) is 10.3. The van der Waals surface area contributed by atoms with E-state index in [-0.39, 0.29) is 19.8 Å². The first-order valence-corrected chi connectivity index (χ1v) is 5.64. The van der Waals surface area contributed by atoms with E-state index < -0.39 is 6.04 Å². The van der Waals surface area contributed by atoms with Gasteiger partial charge >= 0.3 is 0 Å². The first-order valence-electron chi connectivity index (χ1n) is 5.64. The Balaban J connectivity index is 2.82. The molecule has 1 rings (SSSR count). The van der Waals surface area contributed by atoms with Gasteiger partial charge in [-0.3, -0.25) is 0 Å². The number of nitrogens with two attached hydrogens (primary N) is 1. The highest BCUT2D eigenvalue weighted by atomic mass is 16.5. The molecule has 18 heavy (non-hydrogen) atoms. The van der Waals surface area contributed by atoms with Crippen molar-refractivity contribution in [1.29, 1.82) is 0 Å². The van der Waals surface area contributed by atoms with Gasteiger partial charge in [-0.15, -0.1) is 0 Å². The molecule has 1 aromatic rings. The van der Waals surface area contributed by atoms with Gasteiger partial charge in [0.25, 0.3) is 0 Å². The minimum atomic E-state index is -0.481. The van der Waals surface area contributed by atoms with Gasteiger partial charge in [-0.2, -0.15) is 0 Å². The maximum absolute atomic E-state index is 8.99. The molecule has 0 atom stereocenters. The molecule has 0 spiro atoms. The highest BCUT2D eigenvalue weighted by Gasteiger charge is 2.09. The summed E-state index contributed by atoms with van der Waals surface area (Å²) in [5, 5.41) is 20.9. The zero-order chi connectivity index (χ0) is 13.4. The van der Waals surface area contributed by atoms with Crippen molar-refractivity contribution >= 4 is 11.6 Å². The van der Waals surface area contributed by atoms with Gasteiger partial charge in [0.15, 0.2) is 5.82 Å². The number of anilines is 2. The second kappa shape index (κ2) is 7.77. The number of nitrogens with one attached hydrogen (secondary N) is 2. The van der Waals surface area contributed by atoms with Gasteiger partial charge in [0, 0.05) is 12.7 Å². The van der Waals surface area contributed by atoms with Crippen molar-refractivity contribution in [2.75, 3.05) is 30.6 Å². The van der Waals surface area contributed by atoms with Crippen molar-refractivity contribution in [2.45, 2.75) is 19.6 Å². The van der Waals surface area contributed by atoms with Crippen LogP contribution < -0.4 is 16.6 Å². The molecule has 0 bridgehead atoms. The molecule has 0 aliphatic heterocycles. The first kappa shape index (κ1) is 14.6. The van der Waals surface area contributed by atoms with Gasteiger partial charge in [0.1, 0.15) is 18.2 Å². The third-order valence-electron chi connectivity index (χ3n) is 2.15. The molecule has 1 aromatic heterocycles. The lowest BCUT2D eigenvalue weighted by Crippen LogP contribution is -2.28. The number of rotatable bonds is 8. The summed E-state index contributed by atoms with van der Waals surface area (Å²) in [6.45, 7) is 2.29. The van der Waals surface area contributed by atoms with E-state index >= 15 is 0 Å². The van der Waals surface area contributed by atoms with Crippen molar-refractivity contribution in [3.63, 3.8) is 0 Å². The predicted octanol–water partition coefficient (Wildman–Crippen LogP) is -0.936. The van der Waals surface area contributed by atoms with Crippen LogP contribution in [0.4, 0.5) is 11.6 Å². The quantitative estimate of drug-likeness (QED) is 0.298. The Labute approximate surface area is 105 Å². The van der Waals surface area contributed by atoms with E-state index in [1.165, 1.54) is 0 Å². The van der Waals surface area contributed by atoms with Gasteiger partial charge in [-0.05, 0) is 6.92 Å². The molecule has 0 unspecified atom stereocenters. The maximum atomic E-state index is 8.99. The Bertz CT molecular complexity index is 359. The number of aromatic nitrogens is 2. The van der Waals surface area contributed by atoms with Crippen molar-refractivity contribution < 1.29 is 14.9 Å². The molecule has 0 aliphatic rings. The first-order chi connectivity index (χ1) is 8.73. The van der Waals surface area contributed by atoms with Crippen LogP contribution in [0.1, 0.15) is 12.7 Å². The Morgan fingerprint density at radius 2 is 2.00 bits per heavy atom. The Hall–Kier alpha value is -1.48. The average Bonchev–Trinajstić information content (AvgIpc) is 2.42. The molecular formula is C10H19N5O3. The molecule has 0 fully saturated rings. The fourth-order valence-corrected chi connectivity index (χ4v) is 1.26. The number of aliphatic hydroxyl groups excluding tert-OH is 2. The van der Waals surface area contributed by atoms with Gasteiger partial charge in [-0.25, -0.2) is 15.8 Å². The van der Waals surface area contributed by atoms with Gasteiger partial charge in [0.2, 0.25) is 0 Å². The van der Waals surface area contributed by atoms with E-state index in [4.69, 9.17) is 20.8 Å². The fourth-order valence-electron chi connectivity index (χ4n) is 1.26. The number of nitrogen functional groups attached to an aromatic ring is 1. The molecule has 102 valence electrons. The molecule has 6 N–H and O–H groups in total.